The van der Waals surface area contributed by atoms with E-state index in [1.807, 2.05) is 30.3 Å². The van der Waals surface area contributed by atoms with Gasteiger partial charge in [-0.1, -0.05) is 59.6 Å². The summed E-state index contributed by atoms with van der Waals surface area (Å²) >= 11 is 12.0. The van der Waals surface area contributed by atoms with Gasteiger partial charge >= 0.3 is 0 Å². The first-order valence-electron chi connectivity index (χ1n) is 8.15. The SMILES string of the molecule is O=C(Cc1ccccc1)N1CCN(S(=O)(=O)c2cccc(Cl)c2Cl)CC1. The maximum absolute atomic E-state index is 12.8. The Bertz CT molecular complexity index is 896. The van der Waals surface area contributed by atoms with E-state index in [2.05, 4.69) is 0 Å². The van der Waals surface area contributed by atoms with Crippen LogP contribution in [0.1, 0.15) is 5.56 Å². The highest BCUT2D eigenvalue weighted by Gasteiger charge is 2.31. The summed E-state index contributed by atoms with van der Waals surface area (Å²) in [4.78, 5) is 14.1. The molecule has 1 fully saturated rings. The molecule has 8 heteroatoms. The van der Waals surface area contributed by atoms with Gasteiger partial charge in [0.15, 0.2) is 0 Å². The van der Waals surface area contributed by atoms with Crippen molar-refractivity contribution >= 4 is 39.1 Å². The lowest BCUT2D eigenvalue weighted by molar-refractivity contribution is -0.131. The molecule has 0 N–H and O–H groups in total. The van der Waals surface area contributed by atoms with Gasteiger partial charge in [-0.3, -0.25) is 4.79 Å². The van der Waals surface area contributed by atoms with Gasteiger partial charge in [0.2, 0.25) is 15.9 Å². The minimum atomic E-state index is -3.74. The van der Waals surface area contributed by atoms with Gasteiger partial charge in [0, 0.05) is 26.2 Å². The molecule has 0 radical (unpaired) electrons. The number of carbonyl (C=O) groups is 1. The normalized spacial score (nSPS) is 15.8. The lowest BCUT2D eigenvalue weighted by Crippen LogP contribution is -2.50. The number of carbonyl (C=O) groups excluding carboxylic acids is 1. The molecule has 3 rings (SSSR count). The molecule has 138 valence electrons. The maximum atomic E-state index is 12.8. The molecule has 2 aromatic carbocycles. The van der Waals surface area contributed by atoms with E-state index in [9.17, 15) is 13.2 Å². The van der Waals surface area contributed by atoms with E-state index in [4.69, 9.17) is 23.2 Å². The second-order valence-corrected chi connectivity index (χ2v) is 8.69. The second kappa shape index (κ2) is 7.96. The minimum Gasteiger partial charge on any atom is -0.340 e. The zero-order chi connectivity index (χ0) is 18.7. The standard InChI is InChI=1S/C18H18Cl2N2O3S/c19-15-7-4-8-16(18(15)20)26(24,25)22-11-9-21(10-12-22)17(23)13-14-5-2-1-3-6-14/h1-8H,9-13H2. The predicted molar refractivity (Wildman–Crippen MR) is 102 cm³/mol. The van der Waals surface area contributed by atoms with Gasteiger partial charge in [-0.15, -0.1) is 0 Å². The van der Waals surface area contributed by atoms with Crippen LogP contribution < -0.4 is 0 Å². The van der Waals surface area contributed by atoms with Crippen LogP contribution in [0, 0.1) is 0 Å². The lowest BCUT2D eigenvalue weighted by atomic mass is 10.1. The number of benzene rings is 2. The van der Waals surface area contributed by atoms with E-state index in [0.717, 1.165) is 5.56 Å². The lowest BCUT2D eigenvalue weighted by Gasteiger charge is -2.34. The van der Waals surface area contributed by atoms with Gasteiger partial charge in [0.25, 0.3) is 0 Å². The Labute approximate surface area is 163 Å². The molecule has 2 aromatic rings. The number of piperazine rings is 1. The summed E-state index contributed by atoms with van der Waals surface area (Å²) in [6.45, 7) is 1.16. The highest BCUT2D eigenvalue weighted by atomic mass is 35.5. The third kappa shape index (κ3) is 4.04. The molecule has 1 saturated heterocycles. The Hall–Kier alpha value is -1.60. The highest BCUT2D eigenvalue weighted by Crippen LogP contribution is 2.31. The summed E-state index contributed by atoms with van der Waals surface area (Å²) in [5.41, 5.74) is 0.943. The number of nitrogens with zero attached hydrogens (tertiary/aromatic N) is 2. The van der Waals surface area contributed by atoms with Crippen LogP contribution in [-0.4, -0.2) is 49.7 Å². The Morgan fingerprint density at radius 1 is 0.923 bits per heavy atom. The predicted octanol–water partition coefficient (Wildman–Crippen LogP) is 3.07. The first kappa shape index (κ1) is 19.2. The molecule has 0 aromatic heterocycles. The van der Waals surface area contributed by atoms with Crippen LogP contribution in [0.25, 0.3) is 0 Å². The molecule has 1 heterocycles. The molecular formula is C18H18Cl2N2O3S. The smallest absolute Gasteiger partial charge is 0.244 e. The highest BCUT2D eigenvalue weighted by molar-refractivity contribution is 7.89. The van der Waals surface area contributed by atoms with Crippen molar-refractivity contribution in [3.63, 3.8) is 0 Å². The van der Waals surface area contributed by atoms with Gasteiger partial charge < -0.3 is 4.90 Å². The maximum Gasteiger partial charge on any atom is 0.244 e. The average Bonchev–Trinajstić information content (AvgIpc) is 2.64. The van der Waals surface area contributed by atoms with E-state index < -0.39 is 10.0 Å². The molecule has 1 amide bonds. The van der Waals surface area contributed by atoms with Crippen LogP contribution in [0.3, 0.4) is 0 Å². The first-order valence-corrected chi connectivity index (χ1v) is 10.3. The molecule has 0 saturated carbocycles. The Kier molecular flexibility index (Phi) is 5.87. The molecule has 1 aliphatic rings. The van der Waals surface area contributed by atoms with Crippen LogP contribution >= 0.6 is 23.2 Å². The summed E-state index contributed by atoms with van der Waals surface area (Å²) in [5.74, 6) is -0.00552. The van der Waals surface area contributed by atoms with Crippen molar-refractivity contribution in [3.05, 3.63) is 64.1 Å². The van der Waals surface area contributed by atoms with Gasteiger partial charge in [-0.2, -0.15) is 4.31 Å². The largest absolute Gasteiger partial charge is 0.340 e. The Morgan fingerprint density at radius 2 is 1.58 bits per heavy atom. The fourth-order valence-corrected chi connectivity index (χ4v) is 5.04. The summed E-state index contributed by atoms with van der Waals surface area (Å²) in [7, 11) is -3.74. The number of amides is 1. The third-order valence-electron chi connectivity index (χ3n) is 4.32. The zero-order valence-corrected chi connectivity index (χ0v) is 16.3. The fourth-order valence-electron chi connectivity index (χ4n) is 2.88. The summed E-state index contributed by atoms with van der Waals surface area (Å²) < 4.78 is 27.0. The number of hydrogen-bond acceptors (Lipinski definition) is 3. The molecule has 5 nitrogen and oxygen atoms in total. The van der Waals surface area contributed by atoms with Crippen molar-refractivity contribution in [1.82, 2.24) is 9.21 Å². The molecule has 0 atom stereocenters. The van der Waals surface area contributed by atoms with Crippen LogP contribution in [0.4, 0.5) is 0 Å². The summed E-state index contributed by atoms with van der Waals surface area (Å²) in [6.07, 6.45) is 0.313. The second-order valence-electron chi connectivity index (χ2n) is 6.00. The molecule has 0 spiro atoms. The van der Waals surface area contributed by atoms with Crippen molar-refractivity contribution in [2.75, 3.05) is 26.2 Å². The van der Waals surface area contributed by atoms with Crippen LogP contribution in [0.2, 0.25) is 10.0 Å². The summed E-state index contributed by atoms with van der Waals surface area (Å²) in [6, 6.07) is 14.0. The van der Waals surface area contributed by atoms with E-state index in [1.165, 1.54) is 10.4 Å². The van der Waals surface area contributed by atoms with Gasteiger partial charge in [-0.05, 0) is 17.7 Å². The Morgan fingerprint density at radius 3 is 2.23 bits per heavy atom. The molecule has 26 heavy (non-hydrogen) atoms. The van der Waals surface area contributed by atoms with Crippen molar-refractivity contribution in [1.29, 1.82) is 0 Å². The quantitative estimate of drug-likeness (QED) is 0.774. The number of halogens is 2. The van der Waals surface area contributed by atoms with Crippen LogP contribution in [0.15, 0.2) is 53.4 Å². The first-order chi connectivity index (χ1) is 12.4. The van der Waals surface area contributed by atoms with Crippen LogP contribution in [0.5, 0.6) is 0 Å². The molecule has 0 aliphatic carbocycles. The average molecular weight is 413 g/mol. The van der Waals surface area contributed by atoms with E-state index in [1.54, 1.807) is 17.0 Å². The Balaban J connectivity index is 1.66. The molecule has 0 unspecified atom stereocenters. The molecule has 0 bridgehead atoms. The third-order valence-corrected chi connectivity index (χ3v) is 7.20. The van der Waals surface area contributed by atoms with E-state index in [0.29, 0.717) is 19.5 Å². The van der Waals surface area contributed by atoms with E-state index in [-0.39, 0.29) is 33.9 Å². The van der Waals surface area contributed by atoms with Crippen molar-refractivity contribution in [3.8, 4) is 0 Å². The number of rotatable bonds is 4. The minimum absolute atomic E-state index is 0.00395. The monoisotopic (exact) mass is 412 g/mol. The topological polar surface area (TPSA) is 57.7 Å². The van der Waals surface area contributed by atoms with Crippen LogP contribution in [-0.2, 0) is 21.2 Å². The zero-order valence-electron chi connectivity index (χ0n) is 13.9. The molecular weight excluding hydrogens is 395 g/mol. The van der Waals surface area contributed by atoms with Crippen molar-refractivity contribution < 1.29 is 13.2 Å². The van der Waals surface area contributed by atoms with Gasteiger partial charge in [0.05, 0.1) is 16.5 Å². The summed E-state index contributed by atoms with van der Waals surface area (Å²) in [5, 5.41) is 0.223. The number of hydrogen-bond donors (Lipinski definition) is 0. The molecule has 1 aliphatic heterocycles. The van der Waals surface area contributed by atoms with Crippen molar-refractivity contribution in [2.45, 2.75) is 11.3 Å². The number of sulfonamides is 1. The van der Waals surface area contributed by atoms with Gasteiger partial charge in [0.1, 0.15) is 4.90 Å². The van der Waals surface area contributed by atoms with Crippen molar-refractivity contribution in [2.24, 2.45) is 0 Å². The fraction of sp³-hybridized carbons (Fsp3) is 0.278. The van der Waals surface area contributed by atoms with E-state index >= 15 is 0 Å². The van der Waals surface area contributed by atoms with Gasteiger partial charge in [-0.25, -0.2) is 8.42 Å².